The first-order valence-corrected chi connectivity index (χ1v) is 6.52. The van der Waals surface area contributed by atoms with E-state index in [9.17, 15) is 0 Å². The number of nitrogens with zero attached hydrogens (tertiary/aromatic N) is 3. The Labute approximate surface area is 105 Å². The average molecular weight is 248 g/mol. The summed E-state index contributed by atoms with van der Waals surface area (Å²) in [5.74, 6) is 0. The molecule has 90 valence electrons. The van der Waals surface area contributed by atoms with Crippen LogP contribution in [0.3, 0.4) is 0 Å². The lowest BCUT2D eigenvalue weighted by Gasteiger charge is -1.96. The van der Waals surface area contributed by atoms with E-state index in [1.807, 2.05) is 32.2 Å². The SMILES string of the molecule is CNCCCc1nnc(-c2cccc(C)n2)s1. The Morgan fingerprint density at radius 2 is 2.18 bits per heavy atom. The maximum atomic E-state index is 4.45. The van der Waals surface area contributed by atoms with Crippen molar-refractivity contribution >= 4 is 11.3 Å². The van der Waals surface area contributed by atoms with E-state index in [2.05, 4.69) is 20.5 Å². The first kappa shape index (κ1) is 12.1. The van der Waals surface area contributed by atoms with E-state index >= 15 is 0 Å². The number of rotatable bonds is 5. The zero-order valence-corrected chi connectivity index (χ0v) is 10.9. The van der Waals surface area contributed by atoms with Crippen LogP contribution in [0.25, 0.3) is 10.7 Å². The van der Waals surface area contributed by atoms with Gasteiger partial charge in [0, 0.05) is 12.1 Å². The van der Waals surface area contributed by atoms with Gasteiger partial charge in [-0.25, -0.2) is 0 Å². The number of hydrogen-bond acceptors (Lipinski definition) is 5. The Bertz CT molecular complexity index is 481. The van der Waals surface area contributed by atoms with E-state index in [0.29, 0.717) is 0 Å². The van der Waals surface area contributed by atoms with Gasteiger partial charge in [0.2, 0.25) is 0 Å². The van der Waals surface area contributed by atoms with E-state index in [1.165, 1.54) is 0 Å². The Morgan fingerprint density at radius 1 is 1.29 bits per heavy atom. The number of aryl methyl sites for hydroxylation is 2. The van der Waals surface area contributed by atoms with Crippen LogP contribution in [0.4, 0.5) is 0 Å². The fourth-order valence-electron chi connectivity index (χ4n) is 1.54. The van der Waals surface area contributed by atoms with Crippen molar-refractivity contribution in [3.63, 3.8) is 0 Å². The molecular weight excluding hydrogens is 232 g/mol. The first-order chi connectivity index (χ1) is 8.29. The molecule has 5 heteroatoms. The molecule has 0 atom stereocenters. The normalized spacial score (nSPS) is 10.7. The third-order valence-electron chi connectivity index (χ3n) is 2.39. The van der Waals surface area contributed by atoms with Crippen LogP contribution >= 0.6 is 11.3 Å². The van der Waals surface area contributed by atoms with Crippen LogP contribution in [-0.2, 0) is 6.42 Å². The number of aromatic nitrogens is 3. The van der Waals surface area contributed by atoms with Crippen molar-refractivity contribution < 1.29 is 0 Å². The van der Waals surface area contributed by atoms with E-state index in [0.717, 1.165) is 40.8 Å². The van der Waals surface area contributed by atoms with Crippen molar-refractivity contribution in [2.45, 2.75) is 19.8 Å². The van der Waals surface area contributed by atoms with E-state index in [1.54, 1.807) is 11.3 Å². The molecule has 0 aliphatic heterocycles. The lowest BCUT2D eigenvalue weighted by molar-refractivity contribution is 0.718. The van der Waals surface area contributed by atoms with Gasteiger partial charge >= 0.3 is 0 Å². The summed E-state index contributed by atoms with van der Waals surface area (Å²) in [6, 6.07) is 5.96. The summed E-state index contributed by atoms with van der Waals surface area (Å²) in [5, 5.41) is 13.5. The molecule has 2 heterocycles. The van der Waals surface area contributed by atoms with Gasteiger partial charge in [-0.15, -0.1) is 10.2 Å². The van der Waals surface area contributed by atoms with Crippen LogP contribution in [0, 0.1) is 6.92 Å². The van der Waals surface area contributed by atoms with Crippen molar-refractivity contribution in [3.8, 4) is 10.7 Å². The van der Waals surface area contributed by atoms with Gasteiger partial charge in [0.15, 0.2) is 5.01 Å². The van der Waals surface area contributed by atoms with E-state index in [-0.39, 0.29) is 0 Å². The zero-order chi connectivity index (χ0) is 12.1. The molecule has 1 N–H and O–H groups in total. The fraction of sp³-hybridized carbons (Fsp3) is 0.417. The Kier molecular flexibility index (Phi) is 4.17. The highest BCUT2D eigenvalue weighted by Crippen LogP contribution is 2.22. The van der Waals surface area contributed by atoms with Gasteiger partial charge in [-0.3, -0.25) is 4.98 Å². The molecule has 0 aliphatic rings. The molecule has 0 spiro atoms. The molecule has 2 aromatic heterocycles. The van der Waals surface area contributed by atoms with Gasteiger partial charge in [0.1, 0.15) is 10.7 Å². The Balaban J connectivity index is 2.07. The van der Waals surface area contributed by atoms with Gasteiger partial charge in [-0.1, -0.05) is 17.4 Å². The number of nitrogens with one attached hydrogen (secondary N) is 1. The van der Waals surface area contributed by atoms with Crippen LogP contribution in [-0.4, -0.2) is 28.8 Å². The monoisotopic (exact) mass is 248 g/mol. The standard InChI is InChI=1S/C12H16N4S/c1-9-5-3-6-10(14-9)12-16-15-11(17-12)7-4-8-13-2/h3,5-6,13H,4,7-8H2,1-2H3. The molecule has 0 aliphatic carbocycles. The molecule has 0 unspecified atom stereocenters. The zero-order valence-electron chi connectivity index (χ0n) is 10.1. The second kappa shape index (κ2) is 5.84. The molecule has 0 aromatic carbocycles. The third-order valence-corrected chi connectivity index (χ3v) is 3.40. The summed E-state index contributed by atoms with van der Waals surface area (Å²) in [4.78, 5) is 4.45. The molecule has 0 amide bonds. The van der Waals surface area contributed by atoms with Crippen molar-refractivity contribution in [2.24, 2.45) is 0 Å². The molecule has 0 saturated heterocycles. The maximum Gasteiger partial charge on any atom is 0.166 e. The molecule has 4 nitrogen and oxygen atoms in total. The molecule has 0 saturated carbocycles. The molecule has 2 rings (SSSR count). The van der Waals surface area contributed by atoms with Crippen LogP contribution < -0.4 is 5.32 Å². The van der Waals surface area contributed by atoms with Gasteiger partial charge in [0.25, 0.3) is 0 Å². The lowest BCUT2D eigenvalue weighted by Crippen LogP contribution is -2.08. The lowest BCUT2D eigenvalue weighted by atomic mass is 10.3. The summed E-state index contributed by atoms with van der Waals surface area (Å²) in [5.41, 5.74) is 1.93. The van der Waals surface area contributed by atoms with Crippen LogP contribution in [0.1, 0.15) is 17.1 Å². The average Bonchev–Trinajstić information content (AvgIpc) is 2.78. The van der Waals surface area contributed by atoms with Crippen molar-refractivity contribution in [1.29, 1.82) is 0 Å². The van der Waals surface area contributed by atoms with Gasteiger partial charge in [0.05, 0.1) is 0 Å². The molecule has 0 bridgehead atoms. The second-order valence-corrected chi connectivity index (χ2v) is 4.93. The minimum Gasteiger partial charge on any atom is -0.320 e. The Morgan fingerprint density at radius 3 is 2.94 bits per heavy atom. The van der Waals surface area contributed by atoms with Crippen LogP contribution in [0.15, 0.2) is 18.2 Å². The van der Waals surface area contributed by atoms with Gasteiger partial charge in [-0.05, 0) is 39.1 Å². The molecular formula is C12H16N4S. The summed E-state index contributed by atoms with van der Waals surface area (Å²) in [6.07, 6.45) is 2.07. The third kappa shape index (κ3) is 3.31. The number of hydrogen-bond donors (Lipinski definition) is 1. The van der Waals surface area contributed by atoms with Crippen LogP contribution in [0.5, 0.6) is 0 Å². The van der Waals surface area contributed by atoms with Gasteiger partial charge < -0.3 is 5.32 Å². The fourth-order valence-corrected chi connectivity index (χ4v) is 2.39. The highest BCUT2D eigenvalue weighted by atomic mass is 32.1. The smallest absolute Gasteiger partial charge is 0.166 e. The molecule has 2 aromatic rings. The quantitative estimate of drug-likeness (QED) is 0.823. The molecule has 0 fully saturated rings. The molecule has 0 radical (unpaired) electrons. The second-order valence-electron chi connectivity index (χ2n) is 3.87. The number of pyridine rings is 1. The van der Waals surface area contributed by atoms with Crippen molar-refractivity contribution in [2.75, 3.05) is 13.6 Å². The highest BCUT2D eigenvalue weighted by Gasteiger charge is 2.07. The summed E-state index contributed by atoms with van der Waals surface area (Å²) >= 11 is 1.63. The predicted molar refractivity (Wildman–Crippen MR) is 70.1 cm³/mol. The molecule has 17 heavy (non-hydrogen) atoms. The maximum absolute atomic E-state index is 4.45. The summed E-state index contributed by atoms with van der Waals surface area (Å²) in [7, 11) is 1.96. The topological polar surface area (TPSA) is 50.7 Å². The van der Waals surface area contributed by atoms with Crippen molar-refractivity contribution in [3.05, 3.63) is 28.9 Å². The van der Waals surface area contributed by atoms with Crippen LogP contribution in [0.2, 0.25) is 0 Å². The Hall–Kier alpha value is -1.33. The summed E-state index contributed by atoms with van der Waals surface area (Å²) in [6.45, 7) is 3.00. The highest BCUT2D eigenvalue weighted by molar-refractivity contribution is 7.14. The van der Waals surface area contributed by atoms with Crippen molar-refractivity contribution in [1.82, 2.24) is 20.5 Å². The van der Waals surface area contributed by atoms with E-state index in [4.69, 9.17) is 0 Å². The summed E-state index contributed by atoms with van der Waals surface area (Å²) < 4.78 is 0. The van der Waals surface area contributed by atoms with Gasteiger partial charge in [-0.2, -0.15) is 0 Å². The first-order valence-electron chi connectivity index (χ1n) is 5.70. The predicted octanol–water partition coefficient (Wildman–Crippen LogP) is 2.06. The minimum absolute atomic E-state index is 0.910. The van der Waals surface area contributed by atoms with E-state index < -0.39 is 0 Å². The largest absolute Gasteiger partial charge is 0.320 e. The minimum atomic E-state index is 0.910.